The van der Waals surface area contributed by atoms with Gasteiger partial charge in [-0.05, 0) is 18.4 Å². The standard InChI is InChI=1S/C13H20/c1-2-3-4-5-6-7-10-13-11-8-9-12-13/h8-12H,2-7H2,1H3. The fourth-order valence-corrected chi connectivity index (χ4v) is 1.54. The zero-order chi connectivity index (χ0) is 9.36. The van der Waals surface area contributed by atoms with Crippen molar-refractivity contribution in [2.75, 3.05) is 0 Å². The Kier molecular flexibility index (Phi) is 5.31. The van der Waals surface area contributed by atoms with Crippen LogP contribution < -0.4 is 0 Å². The minimum atomic E-state index is 1.24. The molecule has 1 aliphatic rings. The highest BCUT2D eigenvalue weighted by molar-refractivity contribution is 5.39. The molecule has 1 rings (SSSR count). The van der Waals surface area contributed by atoms with Gasteiger partial charge in [0.05, 0.1) is 0 Å². The Morgan fingerprint density at radius 3 is 2.38 bits per heavy atom. The Bertz CT molecular complexity index is 192. The zero-order valence-electron chi connectivity index (χ0n) is 8.63. The predicted octanol–water partition coefficient (Wildman–Crippen LogP) is 4.40. The van der Waals surface area contributed by atoms with Gasteiger partial charge in [0.25, 0.3) is 0 Å². The maximum absolute atomic E-state index is 2.34. The molecule has 0 heteroatoms. The quantitative estimate of drug-likeness (QED) is 0.526. The molecule has 0 radical (unpaired) electrons. The van der Waals surface area contributed by atoms with E-state index in [-0.39, 0.29) is 0 Å². The van der Waals surface area contributed by atoms with Gasteiger partial charge in [-0.3, -0.25) is 0 Å². The lowest BCUT2D eigenvalue weighted by atomic mass is 10.1. The Balaban J connectivity index is 1.97. The van der Waals surface area contributed by atoms with Crippen molar-refractivity contribution in [3.8, 4) is 0 Å². The lowest BCUT2D eigenvalue weighted by molar-refractivity contribution is 0.637. The van der Waals surface area contributed by atoms with E-state index in [1.54, 1.807) is 0 Å². The first-order valence-corrected chi connectivity index (χ1v) is 5.48. The highest BCUT2D eigenvalue weighted by Gasteiger charge is 1.91. The molecule has 0 fully saturated rings. The van der Waals surface area contributed by atoms with Gasteiger partial charge in [-0.2, -0.15) is 0 Å². The summed E-state index contributed by atoms with van der Waals surface area (Å²) in [5.41, 5.74) is 1.38. The van der Waals surface area contributed by atoms with Crippen LogP contribution in [0.4, 0.5) is 0 Å². The Hall–Kier alpha value is -0.780. The molecule has 72 valence electrons. The summed E-state index contributed by atoms with van der Waals surface area (Å²) in [5, 5.41) is 0. The van der Waals surface area contributed by atoms with Crippen molar-refractivity contribution in [2.45, 2.75) is 45.4 Å². The maximum atomic E-state index is 2.34. The minimum absolute atomic E-state index is 1.24. The van der Waals surface area contributed by atoms with Crippen LogP contribution in [0.2, 0.25) is 0 Å². The average molecular weight is 176 g/mol. The number of unbranched alkanes of at least 4 members (excludes halogenated alkanes) is 5. The van der Waals surface area contributed by atoms with Crippen LogP contribution in [0.15, 0.2) is 36.0 Å². The molecule has 0 saturated heterocycles. The van der Waals surface area contributed by atoms with Crippen LogP contribution in [0.25, 0.3) is 0 Å². The van der Waals surface area contributed by atoms with Gasteiger partial charge in [0.1, 0.15) is 0 Å². The largest absolute Gasteiger partial charge is 0.0773 e. The maximum Gasteiger partial charge on any atom is -0.0297 e. The van der Waals surface area contributed by atoms with E-state index in [1.807, 2.05) is 0 Å². The zero-order valence-corrected chi connectivity index (χ0v) is 8.63. The molecule has 13 heavy (non-hydrogen) atoms. The van der Waals surface area contributed by atoms with E-state index in [2.05, 4.69) is 37.3 Å². The number of hydrogen-bond acceptors (Lipinski definition) is 0. The van der Waals surface area contributed by atoms with Crippen LogP contribution in [0.5, 0.6) is 0 Å². The number of rotatable bonds is 6. The van der Waals surface area contributed by atoms with Gasteiger partial charge in [-0.25, -0.2) is 0 Å². The van der Waals surface area contributed by atoms with E-state index in [4.69, 9.17) is 0 Å². The van der Waals surface area contributed by atoms with E-state index in [0.717, 1.165) is 0 Å². The van der Waals surface area contributed by atoms with Gasteiger partial charge in [0, 0.05) is 0 Å². The molecule has 0 spiro atoms. The molecule has 0 N–H and O–H groups in total. The lowest BCUT2D eigenvalue weighted by Gasteiger charge is -1.96. The van der Waals surface area contributed by atoms with E-state index >= 15 is 0 Å². The first-order chi connectivity index (χ1) is 6.43. The van der Waals surface area contributed by atoms with Gasteiger partial charge in [0.15, 0.2) is 0 Å². The molecule has 0 aromatic heterocycles. The van der Waals surface area contributed by atoms with E-state index in [0.29, 0.717) is 0 Å². The van der Waals surface area contributed by atoms with E-state index < -0.39 is 0 Å². The second-order valence-electron chi connectivity index (χ2n) is 3.63. The molecule has 0 amide bonds. The Labute approximate surface area is 82.0 Å². The SMILES string of the molecule is CCCCCCCC=C1C=CC=C1. The van der Waals surface area contributed by atoms with Crippen LogP contribution in [0, 0.1) is 0 Å². The highest BCUT2D eigenvalue weighted by Crippen LogP contribution is 2.11. The van der Waals surface area contributed by atoms with Gasteiger partial charge >= 0.3 is 0 Å². The molecule has 1 aliphatic carbocycles. The highest BCUT2D eigenvalue weighted by atomic mass is 14.0. The van der Waals surface area contributed by atoms with Gasteiger partial charge in [0.2, 0.25) is 0 Å². The molecule has 0 aromatic carbocycles. The molecule has 0 aromatic rings. The molecular weight excluding hydrogens is 156 g/mol. The number of allylic oxidation sites excluding steroid dienone is 6. The fourth-order valence-electron chi connectivity index (χ4n) is 1.54. The summed E-state index contributed by atoms with van der Waals surface area (Å²) in [7, 11) is 0. The van der Waals surface area contributed by atoms with Crippen molar-refractivity contribution in [3.05, 3.63) is 36.0 Å². The van der Waals surface area contributed by atoms with Crippen molar-refractivity contribution in [3.63, 3.8) is 0 Å². The van der Waals surface area contributed by atoms with Gasteiger partial charge in [-0.1, -0.05) is 63.0 Å². The first kappa shape index (κ1) is 10.3. The van der Waals surface area contributed by atoms with Crippen molar-refractivity contribution < 1.29 is 0 Å². The molecule has 0 saturated carbocycles. The summed E-state index contributed by atoms with van der Waals surface area (Å²) in [6.45, 7) is 2.26. The molecule has 0 bridgehead atoms. The van der Waals surface area contributed by atoms with Crippen LogP contribution in [-0.2, 0) is 0 Å². The van der Waals surface area contributed by atoms with Crippen molar-refractivity contribution in [2.24, 2.45) is 0 Å². The summed E-state index contributed by atoms with van der Waals surface area (Å²) < 4.78 is 0. The summed E-state index contributed by atoms with van der Waals surface area (Å²) in [6.07, 6.45) is 19.0. The second kappa shape index (κ2) is 6.71. The summed E-state index contributed by atoms with van der Waals surface area (Å²) in [4.78, 5) is 0. The molecule has 0 nitrogen and oxygen atoms in total. The van der Waals surface area contributed by atoms with Crippen LogP contribution in [-0.4, -0.2) is 0 Å². The van der Waals surface area contributed by atoms with Crippen molar-refractivity contribution in [1.82, 2.24) is 0 Å². The monoisotopic (exact) mass is 176 g/mol. The molecule has 0 unspecified atom stereocenters. The smallest absolute Gasteiger partial charge is 0.0297 e. The predicted molar refractivity (Wildman–Crippen MR) is 59.7 cm³/mol. The summed E-state index contributed by atoms with van der Waals surface area (Å²) >= 11 is 0. The first-order valence-electron chi connectivity index (χ1n) is 5.48. The van der Waals surface area contributed by atoms with Gasteiger partial charge < -0.3 is 0 Å². The topological polar surface area (TPSA) is 0 Å². The molecule has 0 aliphatic heterocycles. The molecule has 0 heterocycles. The number of hydrogen-bond donors (Lipinski definition) is 0. The van der Waals surface area contributed by atoms with Crippen LogP contribution in [0.3, 0.4) is 0 Å². The Morgan fingerprint density at radius 2 is 1.69 bits per heavy atom. The van der Waals surface area contributed by atoms with E-state index in [9.17, 15) is 0 Å². The minimum Gasteiger partial charge on any atom is -0.0773 e. The van der Waals surface area contributed by atoms with E-state index in [1.165, 1.54) is 44.1 Å². The molecule has 0 atom stereocenters. The Morgan fingerprint density at radius 1 is 1.00 bits per heavy atom. The third kappa shape index (κ3) is 4.72. The third-order valence-corrected chi connectivity index (χ3v) is 2.38. The van der Waals surface area contributed by atoms with Crippen molar-refractivity contribution in [1.29, 1.82) is 0 Å². The van der Waals surface area contributed by atoms with Crippen LogP contribution >= 0.6 is 0 Å². The van der Waals surface area contributed by atoms with Crippen LogP contribution in [0.1, 0.15) is 45.4 Å². The average Bonchev–Trinajstić information content (AvgIpc) is 2.63. The second-order valence-corrected chi connectivity index (χ2v) is 3.63. The normalized spacial score (nSPS) is 14.1. The molecular formula is C13H20. The third-order valence-electron chi connectivity index (χ3n) is 2.38. The fraction of sp³-hybridized carbons (Fsp3) is 0.538. The summed E-state index contributed by atoms with van der Waals surface area (Å²) in [5.74, 6) is 0. The lowest BCUT2D eigenvalue weighted by Crippen LogP contribution is -1.77. The summed E-state index contributed by atoms with van der Waals surface area (Å²) in [6, 6.07) is 0. The van der Waals surface area contributed by atoms with Gasteiger partial charge in [-0.15, -0.1) is 0 Å². The van der Waals surface area contributed by atoms with Crippen molar-refractivity contribution >= 4 is 0 Å².